The standard InChI is InChI=1S/C11H11FN4O2/c1-18-5-11(17)15-8-2-3-10(9(12)4-8)16-7-13-6-14-16/h2-4,6-7H,5H2,1H3,(H,15,17). The Labute approximate surface area is 102 Å². The van der Waals surface area contributed by atoms with Crippen molar-refractivity contribution in [2.45, 2.75) is 0 Å². The van der Waals surface area contributed by atoms with Gasteiger partial charge in [-0.15, -0.1) is 0 Å². The first-order chi connectivity index (χ1) is 8.70. The van der Waals surface area contributed by atoms with E-state index >= 15 is 0 Å². The summed E-state index contributed by atoms with van der Waals surface area (Å²) in [6, 6.07) is 4.30. The van der Waals surface area contributed by atoms with Crippen molar-refractivity contribution in [2.24, 2.45) is 0 Å². The molecule has 2 rings (SSSR count). The molecule has 0 fully saturated rings. The van der Waals surface area contributed by atoms with Gasteiger partial charge in [-0.25, -0.2) is 14.1 Å². The fraction of sp³-hybridized carbons (Fsp3) is 0.182. The van der Waals surface area contributed by atoms with Crippen LogP contribution in [0.15, 0.2) is 30.9 Å². The highest BCUT2D eigenvalue weighted by molar-refractivity contribution is 5.91. The Morgan fingerprint density at radius 2 is 2.39 bits per heavy atom. The number of anilines is 1. The van der Waals surface area contributed by atoms with Crippen molar-refractivity contribution in [3.8, 4) is 5.69 Å². The van der Waals surface area contributed by atoms with Crippen molar-refractivity contribution in [1.82, 2.24) is 14.8 Å². The summed E-state index contributed by atoms with van der Waals surface area (Å²) in [7, 11) is 1.41. The van der Waals surface area contributed by atoms with Crippen LogP contribution in [0.25, 0.3) is 5.69 Å². The van der Waals surface area contributed by atoms with Gasteiger partial charge in [-0.1, -0.05) is 0 Å². The summed E-state index contributed by atoms with van der Waals surface area (Å²) in [5.41, 5.74) is 0.621. The molecule has 18 heavy (non-hydrogen) atoms. The number of hydrogen-bond donors (Lipinski definition) is 1. The average Bonchev–Trinajstić information content (AvgIpc) is 2.82. The van der Waals surface area contributed by atoms with Crippen LogP contribution in [0.1, 0.15) is 0 Å². The van der Waals surface area contributed by atoms with Crippen LogP contribution >= 0.6 is 0 Å². The molecule has 0 aliphatic rings. The van der Waals surface area contributed by atoms with Crippen LogP contribution in [0.2, 0.25) is 0 Å². The number of ether oxygens (including phenoxy) is 1. The normalized spacial score (nSPS) is 10.3. The van der Waals surface area contributed by atoms with Gasteiger partial charge >= 0.3 is 0 Å². The highest BCUT2D eigenvalue weighted by atomic mass is 19.1. The maximum Gasteiger partial charge on any atom is 0.250 e. The molecule has 0 aliphatic heterocycles. The van der Waals surface area contributed by atoms with Gasteiger partial charge in [-0.05, 0) is 18.2 Å². The number of rotatable bonds is 4. The molecule has 0 atom stereocenters. The van der Waals surface area contributed by atoms with Gasteiger partial charge < -0.3 is 10.1 Å². The van der Waals surface area contributed by atoms with E-state index in [9.17, 15) is 9.18 Å². The fourth-order valence-electron chi connectivity index (χ4n) is 1.43. The smallest absolute Gasteiger partial charge is 0.250 e. The largest absolute Gasteiger partial charge is 0.375 e. The minimum atomic E-state index is -0.504. The lowest BCUT2D eigenvalue weighted by atomic mass is 10.2. The molecule has 0 bridgehead atoms. The van der Waals surface area contributed by atoms with Crippen LogP contribution in [-0.4, -0.2) is 34.4 Å². The van der Waals surface area contributed by atoms with Crippen LogP contribution < -0.4 is 5.32 Å². The number of methoxy groups -OCH3 is 1. The van der Waals surface area contributed by atoms with Crippen LogP contribution in [-0.2, 0) is 9.53 Å². The van der Waals surface area contributed by atoms with Crippen LogP contribution in [0.5, 0.6) is 0 Å². The number of aromatic nitrogens is 3. The Kier molecular flexibility index (Phi) is 3.63. The van der Waals surface area contributed by atoms with Crippen molar-refractivity contribution in [2.75, 3.05) is 19.0 Å². The summed E-state index contributed by atoms with van der Waals surface area (Å²) < 4.78 is 19.7. The summed E-state index contributed by atoms with van der Waals surface area (Å²) in [4.78, 5) is 15.0. The van der Waals surface area contributed by atoms with E-state index in [2.05, 4.69) is 20.1 Å². The third kappa shape index (κ3) is 2.69. The number of hydrogen-bond acceptors (Lipinski definition) is 4. The van der Waals surface area contributed by atoms with Crippen molar-refractivity contribution >= 4 is 11.6 Å². The van der Waals surface area contributed by atoms with Crippen LogP contribution in [0.3, 0.4) is 0 Å². The van der Waals surface area contributed by atoms with Crippen molar-refractivity contribution in [3.63, 3.8) is 0 Å². The van der Waals surface area contributed by atoms with E-state index in [0.29, 0.717) is 5.69 Å². The molecule has 0 spiro atoms. The highest BCUT2D eigenvalue weighted by Gasteiger charge is 2.08. The van der Waals surface area contributed by atoms with E-state index in [4.69, 9.17) is 0 Å². The average molecular weight is 250 g/mol. The summed E-state index contributed by atoms with van der Waals surface area (Å²) in [5.74, 6) is -0.846. The second kappa shape index (κ2) is 5.37. The molecule has 2 aromatic rings. The van der Waals surface area contributed by atoms with Crippen LogP contribution in [0, 0.1) is 5.82 Å². The summed E-state index contributed by atoms with van der Waals surface area (Å²) in [6.45, 7) is -0.0769. The highest BCUT2D eigenvalue weighted by Crippen LogP contribution is 2.17. The van der Waals surface area contributed by atoms with Gasteiger partial charge in [-0.3, -0.25) is 4.79 Å². The molecule has 0 radical (unpaired) electrons. The molecule has 7 heteroatoms. The Bertz CT molecular complexity index is 542. The SMILES string of the molecule is COCC(=O)Nc1ccc(-n2cncn2)c(F)c1. The van der Waals surface area contributed by atoms with Gasteiger partial charge in [0.05, 0.1) is 0 Å². The lowest BCUT2D eigenvalue weighted by Crippen LogP contribution is -2.17. The monoisotopic (exact) mass is 250 g/mol. The van der Waals surface area contributed by atoms with E-state index in [0.717, 1.165) is 0 Å². The number of carbonyl (C=O) groups is 1. The molecule has 0 saturated carbocycles. The number of carbonyl (C=O) groups excluding carboxylic acids is 1. The molecular formula is C11H11FN4O2. The van der Waals surface area contributed by atoms with E-state index in [1.54, 1.807) is 6.07 Å². The molecule has 1 N–H and O–H groups in total. The number of benzene rings is 1. The Balaban J connectivity index is 2.18. The summed E-state index contributed by atoms with van der Waals surface area (Å²) in [5, 5.41) is 6.33. The number of nitrogens with one attached hydrogen (secondary N) is 1. The lowest BCUT2D eigenvalue weighted by molar-refractivity contribution is -0.119. The molecule has 1 heterocycles. The molecule has 1 aromatic carbocycles. The third-order valence-corrected chi connectivity index (χ3v) is 2.17. The fourth-order valence-corrected chi connectivity index (χ4v) is 1.43. The number of amides is 1. The zero-order valence-corrected chi connectivity index (χ0v) is 9.63. The molecule has 0 unspecified atom stereocenters. The maximum absolute atomic E-state index is 13.8. The first kappa shape index (κ1) is 12.2. The molecule has 1 aromatic heterocycles. The van der Waals surface area contributed by atoms with Gasteiger partial charge in [0.1, 0.15) is 24.9 Å². The van der Waals surface area contributed by atoms with E-state index < -0.39 is 5.82 Å². The first-order valence-electron chi connectivity index (χ1n) is 5.14. The number of halogens is 1. The number of nitrogens with zero attached hydrogens (tertiary/aromatic N) is 3. The predicted molar refractivity (Wildman–Crippen MR) is 61.8 cm³/mol. The Morgan fingerprint density at radius 3 is 3.00 bits per heavy atom. The molecular weight excluding hydrogens is 239 g/mol. The van der Waals surface area contributed by atoms with E-state index in [1.165, 1.54) is 36.6 Å². The first-order valence-corrected chi connectivity index (χ1v) is 5.14. The molecule has 6 nitrogen and oxygen atoms in total. The van der Waals surface area contributed by atoms with Gasteiger partial charge in [-0.2, -0.15) is 5.10 Å². The topological polar surface area (TPSA) is 69.0 Å². The van der Waals surface area contributed by atoms with E-state index in [1.807, 2.05) is 0 Å². The maximum atomic E-state index is 13.8. The minimum Gasteiger partial charge on any atom is -0.375 e. The second-order valence-electron chi connectivity index (χ2n) is 3.49. The van der Waals surface area contributed by atoms with Gasteiger partial charge in [0.15, 0.2) is 5.82 Å². The molecule has 0 saturated heterocycles. The quantitative estimate of drug-likeness (QED) is 0.878. The molecule has 0 aliphatic carbocycles. The van der Waals surface area contributed by atoms with Crippen molar-refractivity contribution in [1.29, 1.82) is 0 Å². The van der Waals surface area contributed by atoms with Crippen molar-refractivity contribution < 1.29 is 13.9 Å². The zero-order valence-electron chi connectivity index (χ0n) is 9.63. The Hall–Kier alpha value is -2.28. The second-order valence-corrected chi connectivity index (χ2v) is 3.49. The molecule has 94 valence electrons. The minimum absolute atomic E-state index is 0.0769. The third-order valence-electron chi connectivity index (χ3n) is 2.17. The van der Waals surface area contributed by atoms with Crippen molar-refractivity contribution in [3.05, 3.63) is 36.7 Å². The van der Waals surface area contributed by atoms with Crippen LogP contribution in [0.4, 0.5) is 10.1 Å². The Morgan fingerprint density at radius 1 is 1.56 bits per heavy atom. The lowest BCUT2D eigenvalue weighted by Gasteiger charge is -2.07. The predicted octanol–water partition coefficient (Wildman–Crippen LogP) is 0.991. The summed E-state index contributed by atoms with van der Waals surface area (Å²) in [6.07, 6.45) is 2.70. The van der Waals surface area contributed by atoms with E-state index in [-0.39, 0.29) is 18.2 Å². The summed E-state index contributed by atoms with van der Waals surface area (Å²) >= 11 is 0. The van der Waals surface area contributed by atoms with Gasteiger partial charge in [0.25, 0.3) is 0 Å². The molecule has 1 amide bonds. The zero-order chi connectivity index (χ0) is 13.0. The van der Waals surface area contributed by atoms with Gasteiger partial charge in [0.2, 0.25) is 5.91 Å². The van der Waals surface area contributed by atoms with Gasteiger partial charge in [0, 0.05) is 12.8 Å².